The van der Waals surface area contributed by atoms with Gasteiger partial charge in [0, 0.05) is 36.1 Å². The second kappa shape index (κ2) is 8.38. The Kier molecular flexibility index (Phi) is 5.96. The normalized spacial score (nSPS) is 16.2. The van der Waals surface area contributed by atoms with Crippen molar-refractivity contribution in [3.05, 3.63) is 59.4 Å². The summed E-state index contributed by atoms with van der Waals surface area (Å²) in [6.45, 7) is 1.77. The zero-order chi connectivity index (χ0) is 18.4. The highest BCUT2D eigenvalue weighted by Gasteiger charge is 2.35. The SMILES string of the molecule is O=C(NCCOc1ccc(Cl)cc1)N1CCC(O)(c2cccnc2)CC1. The summed E-state index contributed by atoms with van der Waals surface area (Å²) in [7, 11) is 0. The van der Waals surface area contributed by atoms with Crippen molar-refractivity contribution in [2.45, 2.75) is 18.4 Å². The number of piperidine rings is 1. The molecular weight excluding hydrogens is 354 g/mol. The number of hydrogen-bond donors (Lipinski definition) is 2. The molecule has 0 saturated carbocycles. The van der Waals surface area contributed by atoms with Crippen molar-refractivity contribution in [3.63, 3.8) is 0 Å². The summed E-state index contributed by atoms with van der Waals surface area (Å²) in [6.07, 6.45) is 4.35. The number of nitrogens with one attached hydrogen (secondary N) is 1. The number of urea groups is 1. The maximum atomic E-state index is 12.2. The highest BCUT2D eigenvalue weighted by molar-refractivity contribution is 6.30. The first kappa shape index (κ1) is 18.5. The fourth-order valence-electron chi connectivity index (χ4n) is 2.98. The molecule has 1 aromatic carbocycles. The molecule has 0 bridgehead atoms. The maximum absolute atomic E-state index is 12.2. The third kappa shape index (κ3) is 4.65. The van der Waals surface area contributed by atoms with Crippen molar-refractivity contribution in [3.8, 4) is 5.75 Å². The van der Waals surface area contributed by atoms with Gasteiger partial charge in [-0.05, 0) is 43.2 Å². The molecule has 1 aromatic heterocycles. The molecule has 0 aliphatic carbocycles. The molecule has 7 heteroatoms. The van der Waals surface area contributed by atoms with E-state index in [1.807, 2.05) is 12.1 Å². The number of aliphatic hydroxyl groups is 1. The molecule has 0 atom stereocenters. The number of hydrogen-bond acceptors (Lipinski definition) is 4. The van der Waals surface area contributed by atoms with Crippen molar-refractivity contribution in [2.24, 2.45) is 0 Å². The Labute approximate surface area is 157 Å². The highest BCUT2D eigenvalue weighted by Crippen LogP contribution is 2.32. The quantitative estimate of drug-likeness (QED) is 0.788. The Balaban J connectivity index is 1.40. The summed E-state index contributed by atoms with van der Waals surface area (Å²) in [4.78, 5) is 18.0. The molecule has 1 saturated heterocycles. The van der Waals surface area contributed by atoms with Crippen LogP contribution in [0.3, 0.4) is 0 Å². The summed E-state index contributed by atoms with van der Waals surface area (Å²) in [6, 6.07) is 10.6. The number of carbonyl (C=O) groups excluding carboxylic acids is 1. The van der Waals surface area contributed by atoms with Gasteiger partial charge in [-0.2, -0.15) is 0 Å². The number of rotatable bonds is 5. The van der Waals surface area contributed by atoms with Gasteiger partial charge in [-0.3, -0.25) is 4.98 Å². The molecule has 1 aliphatic rings. The van der Waals surface area contributed by atoms with Crippen molar-refractivity contribution in [1.29, 1.82) is 0 Å². The van der Waals surface area contributed by atoms with E-state index in [0.717, 1.165) is 5.56 Å². The van der Waals surface area contributed by atoms with Gasteiger partial charge >= 0.3 is 6.03 Å². The highest BCUT2D eigenvalue weighted by atomic mass is 35.5. The molecule has 2 aromatic rings. The molecule has 2 amide bonds. The van der Waals surface area contributed by atoms with E-state index in [4.69, 9.17) is 16.3 Å². The van der Waals surface area contributed by atoms with Crippen LogP contribution in [0.4, 0.5) is 4.79 Å². The molecule has 2 N–H and O–H groups in total. The lowest BCUT2D eigenvalue weighted by atomic mass is 9.85. The average molecular weight is 376 g/mol. The second-order valence-electron chi connectivity index (χ2n) is 6.29. The van der Waals surface area contributed by atoms with Crippen molar-refractivity contribution < 1.29 is 14.6 Å². The van der Waals surface area contributed by atoms with Gasteiger partial charge in [-0.1, -0.05) is 17.7 Å². The molecule has 138 valence electrons. The van der Waals surface area contributed by atoms with E-state index in [1.54, 1.807) is 41.6 Å². The molecular formula is C19H22ClN3O3. The van der Waals surface area contributed by atoms with Gasteiger partial charge in [0.2, 0.25) is 0 Å². The maximum Gasteiger partial charge on any atom is 0.317 e. The minimum Gasteiger partial charge on any atom is -0.492 e. The zero-order valence-electron chi connectivity index (χ0n) is 14.4. The van der Waals surface area contributed by atoms with Crippen molar-refractivity contribution in [2.75, 3.05) is 26.2 Å². The molecule has 0 unspecified atom stereocenters. The first-order valence-corrected chi connectivity index (χ1v) is 8.99. The summed E-state index contributed by atoms with van der Waals surface area (Å²) in [5.41, 5.74) is -0.112. The number of nitrogens with zero attached hydrogens (tertiary/aromatic N) is 2. The average Bonchev–Trinajstić information content (AvgIpc) is 2.68. The van der Waals surface area contributed by atoms with Gasteiger partial charge in [0.25, 0.3) is 0 Å². The largest absolute Gasteiger partial charge is 0.492 e. The summed E-state index contributed by atoms with van der Waals surface area (Å²) >= 11 is 5.82. The van der Waals surface area contributed by atoms with Crippen LogP contribution in [0.15, 0.2) is 48.8 Å². The van der Waals surface area contributed by atoms with E-state index in [9.17, 15) is 9.90 Å². The topological polar surface area (TPSA) is 74.7 Å². The molecule has 26 heavy (non-hydrogen) atoms. The van der Waals surface area contributed by atoms with Crippen LogP contribution in [-0.2, 0) is 5.60 Å². The number of pyridine rings is 1. The first-order chi connectivity index (χ1) is 12.6. The van der Waals surface area contributed by atoms with E-state index < -0.39 is 5.60 Å². The minimum absolute atomic E-state index is 0.141. The van der Waals surface area contributed by atoms with E-state index in [2.05, 4.69) is 10.3 Å². The van der Waals surface area contributed by atoms with Crippen molar-refractivity contribution in [1.82, 2.24) is 15.2 Å². The van der Waals surface area contributed by atoms with Gasteiger partial charge in [0.1, 0.15) is 12.4 Å². The third-order valence-corrected chi connectivity index (χ3v) is 4.79. The van der Waals surface area contributed by atoms with Crippen molar-refractivity contribution >= 4 is 17.6 Å². The Morgan fingerprint density at radius 2 is 2.00 bits per heavy atom. The van der Waals surface area contributed by atoms with Crippen LogP contribution in [-0.4, -0.2) is 47.3 Å². The molecule has 3 rings (SSSR count). The second-order valence-corrected chi connectivity index (χ2v) is 6.73. The van der Waals surface area contributed by atoms with E-state index >= 15 is 0 Å². The molecule has 0 spiro atoms. The van der Waals surface area contributed by atoms with E-state index in [1.165, 1.54) is 0 Å². The van der Waals surface area contributed by atoms with Gasteiger partial charge in [-0.25, -0.2) is 4.79 Å². The molecule has 6 nitrogen and oxygen atoms in total. The number of amides is 2. The van der Waals surface area contributed by atoms with Gasteiger partial charge in [-0.15, -0.1) is 0 Å². The lowest BCUT2D eigenvalue weighted by molar-refractivity contribution is -0.0170. The molecule has 0 radical (unpaired) electrons. The Bertz CT molecular complexity index is 717. The molecule has 1 fully saturated rings. The number of halogens is 1. The lowest BCUT2D eigenvalue weighted by Crippen LogP contribution is -2.49. The van der Waals surface area contributed by atoms with Crippen LogP contribution in [0.5, 0.6) is 5.75 Å². The summed E-state index contributed by atoms with van der Waals surface area (Å²) in [5, 5.41) is 14.3. The minimum atomic E-state index is -0.914. The number of benzene rings is 1. The number of aromatic nitrogens is 1. The van der Waals surface area contributed by atoms with Crippen LogP contribution in [0.2, 0.25) is 5.02 Å². The van der Waals surface area contributed by atoms with Crippen LogP contribution >= 0.6 is 11.6 Å². The lowest BCUT2D eigenvalue weighted by Gasteiger charge is -2.38. The molecule has 1 aliphatic heterocycles. The van der Waals surface area contributed by atoms with E-state index in [0.29, 0.717) is 49.9 Å². The predicted octanol–water partition coefficient (Wildman–Crippen LogP) is 2.81. The van der Waals surface area contributed by atoms with Crippen LogP contribution in [0.25, 0.3) is 0 Å². The standard InChI is InChI=1S/C19H22ClN3O3/c20-16-3-5-17(6-4-16)26-13-10-22-18(24)23-11-7-19(25,8-12-23)15-2-1-9-21-14-15/h1-6,9,14,25H,7-8,10-13H2,(H,22,24). The summed E-state index contributed by atoms with van der Waals surface area (Å²) < 4.78 is 5.55. The number of likely N-dealkylation sites (tertiary alicyclic amines) is 1. The van der Waals surface area contributed by atoms with Gasteiger partial charge in [0.15, 0.2) is 0 Å². The van der Waals surface area contributed by atoms with Crippen LogP contribution in [0, 0.1) is 0 Å². The third-order valence-electron chi connectivity index (χ3n) is 4.54. The Morgan fingerprint density at radius 3 is 2.65 bits per heavy atom. The van der Waals surface area contributed by atoms with Crippen LogP contribution < -0.4 is 10.1 Å². The molecule has 2 heterocycles. The van der Waals surface area contributed by atoms with Gasteiger partial charge < -0.3 is 20.1 Å². The van der Waals surface area contributed by atoms with Crippen LogP contribution in [0.1, 0.15) is 18.4 Å². The van der Waals surface area contributed by atoms with Gasteiger partial charge in [0.05, 0.1) is 12.1 Å². The monoisotopic (exact) mass is 375 g/mol. The fraction of sp³-hybridized carbons (Fsp3) is 0.368. The Morgan fingerprint density at radius 1 is 1.27 bits per heavy atom. The predicted molar refractivity (Wildman–Crippen MR) is 99.3 cm³/mol. The fourth-order valence-corrected chi connectivity index (χ4v) is 3.10. The number of ether oxygens (including phenoxy) is 1. The smallest absolute Gasteiger partial charge is 0.317 e. The zero-order valence-corrected chi connectivity index (χ0v) is 15.2. The summed E-state index contributed by atoms with van der Waals surface area (Å²) in [5.74, 6) is 0.711. The Hall–Kier alpha value is -2.31. The first-order valence-electron chi connectivity index (χ1n) is 8.61. The number of carbonyl (C=O) groups is 1. The van der Waals surface area contributed by atoms with E-state index in [-0.39, 0.29) is 6.03 Å².